The highest BCUT2D eigenvalue weighted by Gasteiger charge is 2.07. The van der Waals surface area contributed by atoms with Gasteiger partial charge in [-0.15, -0.1) is 0 Å². The average Bonchev–Trinajstić information content (AvgIpc) is 2.98. The fourth-order valence-electron chi connectivity index (χ4n) is 2.55. The summed E-state index contributed by atoms with van der Waals surface area (Å²) in [6, 6.07) is 13.4. The van der Waals surface area contributed by atoms with Gasteiger partial charge in [-0.25, -0.2) is 4.98 Å². The van der Waals surface area contributed by atoms with E-state index in [-0.39, 0.29) is 0 Å². The van der Waals surface area contributed by atoms with E-state index in [2.05, 4.69) is 27.0 Å². The fourth-order valence-corrected chi connectivity index (χ4v) is 2.82. The number of fused-ring (bicyclic) bond motifs is 2. The molecule has 0 saturated heterocycles. The summed E-state index contributed by atoms with van der Waals surface area (Å²) >= 11 is 6.25. The van der Waals surface area contributed by atoms with Crippen molar-refractivity contribution < 1.29 is 0 Å². The fraction of sp³-hybridized carbons (Fsp3) is 0. The lowest BCUT2D eigenvalue weighted by Gasteiger charge is -2.02. The van der Waals surface area contributed by atoms with Gasteiger partial charge in [-0.2, -0.15) is 5.10 Å². The van der Waals surface area contributed by atoms with Crippen molar-refractivity contribution in [2.45, 2.75) is 0 Å². The van der Waals surface area contributed by atoms with E-state index >= 15 is 0 Å². The smallest absolute Gasteiger partial charge is 0.139 e. The Morgan fingerprint density at radius 3 is 2.83 bits per heavy atom. The Kier molecular flexibility index (Phi) is 3.14. The van der Waals surface area contributed by atoms with Gasteiger partial charge in [-0.3, -0.25) is 5.10 Å². The van der Waals surface area contributed by atoms with Gasteiger partial charge in [0.15, 0.2) is 0 Å². The molecule has 110 valence electrons. The first-order chi connectivity index (χ1) is 11.2. The zero-order valence-corrected chi connectivity index (χ0v) is 12.7. The quantitative estimate of drug-likeness (QED) is 0.485. The number of benzene rings is 2. The third-order valence-corrected chi connectivity index (χ3v) is 3.99. The first-order valence-electron chi connectivity index (χ1n) is 7.02. The molecule has 4 nitrogen and oxygen atoms in total. The van der Waals surface area contributed by atoms with E-state index in [1.165, 1.54) is 0 Å². The summed E-state index contributed by atoms with van der Waals surface area (Å²) in [7, 11) is 0. The van der Waals surface area contributed by atoms with Crippen LogP contribution in [-0.2, 0) is 0 Å². The molecule has 0 fully saturated rings. The Balaban J connectivity index is 1.92. The van der Waals surface area contributed by atoms with Crippen LogP contribution in [0, 0.1) is 11.8 Å². The number of nitrogen functional groups attached to an aromatic ring is 1. The molecule has 3 N–H and O–H groups in total. The molecule has 0 saturated carbocycles. The van der Waals surface area contributed by atoms with Crippen LogP contribution >= 0.6 is 11.6 Å². The summed E-state index contributed by atoms with van der Waals surface area (Å²) in [6.07, 6.45) is 1.75. The van der Waals surface area contributed by atoms with E-state index in [1.807, 2.05) is 42.5 Å². The zero-order chi connectivity index (χ0) is 15.8. The van der Waals surface area contributed by atoms with Crippen molar-refractivity contribution in [1.29, 1.82) is 0 Å². The number of anilines is 1. The van der Waals surface area contributed by atoms with E-state index in [4.69, 9.17) is 17.3 Å². The van der Waals surface area contributed by atoms with Crippen LogP contribution in [0.2, 0.25) is 5.02 Å². The van der Waals surface area contributed by atoms with Gasteiger partial charge in [0.05, 0.1) is 21.5 Å². The second-order valence-corrected chi connectivity index (χ2v) is 5.50. The molecule has 0 unspecified atom stereocenters. The van der Waals surface area contributed by atoms with Crippen molar-refractivity contribution >= 4 is 39.1 Å². The summed E-state index contributed by atoms with van der Waals surface area (Å²) in [5.74, 6) is 6.60. The largest absolute Gasteiger partial charge is 0.383 e. The second kappa shape index (κ2) is 5.31. The van der Waals surface area contributed by atoms with Gasteiger partial charge in [0.25, 0.3) is 0 Å². The number of nitrogens with two attached hydrogens (primary N) is 1. The lowest BCUT2D eigenvalue weighted by molar-refractivity contribution is 1.10. The SMILES string of the molecule is Nc1ncc2ccccc2c1C#Cc1[nH]nc2cccc(Cl)c12. The van der Waals surface area contributed by atoms with E-state index in [0.29, 0.717) is 22.1 Å². The van der Waals surface area contributed by atoms with Crippen LogP contribution in [-0.4, -0.2) is 15.2 Å². The number of halogens is 1. The third-order valence-electron chi connectivity index (χ3n) is 3.67. The summed E-state index contributed by atoms with van der Waals surface area (Å²) in [5, 5.41) is 10.5. The molecular formula is C18H11ClN4. The van der Waals surface area contributed by atoms with E-state index < -0.39 is 0 Å². The van der Waals surface area contributed by atoms with Crippen LogP contribution in [0.5, 0.6) is 0 Å². The molecule has 0 aliphatic rings. The van der Waals surface area contributed by atoms with E-state index in [1.54, 1.807) is 6.20 Å². The normalized spacial score (nSPS) is 10.7. The molecule has 5 heteroatoms. The lowest BCUT2D eigenvalue weighted by atomic mass is 10.1. The Hall–Kier alpha value is -3.03. The lowest BCUT2D eigenvalue weighted by Crippen LogP contribution is -1.95. The van der Waals surface area contributed by atoms with Gasteiger partial charge < -0.3 is 5.73 Å². The molecule has 2 heterocycles. The molecule has 0 aliphatic carbocycles. The molecule has 0 bridgehead atoms. The van der Waals surface area contributed by atoms with Crippen molar-refractivity contribution in [3.8, 4) is 11.8 Å². The maximum absolute atomic E-state index is 6.25. The number of H-pyrrole nitrogens is 1. The van der Waals surface area contributed by atoms with Crippen molar-refractivity contribution in [2.24, 2.45) is 0 Å². The van der Waals surface area contributed by atoms with Gasteiger partial charge in [0, 0.05) is 17.0 Å². The molecular weight excluding hydrogens is 308 g/mol. The minimum atomic E-state index is 0.408. The molecule has 23 heavy (non-hydrogen) atoms. The predicted octanol–water partition coefficient (Wildman–Crippen LogP) is 3.75. The second-order valence-electron chi connectivity index (χ2n) is 5.09. The molecule has 0 atom stereocenters. The minimum Gasteiger partial charge on any atom is -0.383 e. The zero-order valence-electron chi connectivity index (χ0n) is 12.0. The third kappa shape index (κ3) is 2.28. The Morgan fingerprint density at radius 1 is 1.04 bits per heavy atom. The summed E-state index contributed by atoms with van der Waals surface area (Å²) in [4.78, 5) is 4.21. The maximum Gasteiger partial charge on any atom is 0.139 e. The molecule has 0 radical (unpaired) electrons. The van der Waals surface area contributed by atoms with Crippen LogP contribution in [0.4, 0.5) is 5.82 Å². The topological polar surface area (TPSA) is 67.6 Å². The number of rotatable bonds is 0. The number of hydrogen-bond donors (Lipinski definition) is 2. The van der Waals surface area contributed by atoms with Gasteiger partial charge in [0.2, 0.25) is 0 Å². The molecule has 4 aromatic rings. The minimum absolute atomic E-state index is 0.408. The van der Waals surface area contributed by atoms with Gasteiger partial charge in [0.1, 0.15) is 11.5 Å². The van der Waals surface area contributed by atoms with Crippen LogP contribution in [0.3, 0.4) is 0 Å². The van der Waals surface area contributed by atoms with E-state index in [9.17, 15) is 0 Å². The van der Waals surface area contributed by atoms with Crippen LogP contribution in [0.1, 0.15) is 11.3 Å². The first kappa shape index (κ1) is 13.6. The Bertz CT molecular complexity index is 1100. The van der Waals surface area contributed by atoms with Crippen molar-refractivity contribution in [1.82, 2.24) is 15.2 Å². The number of pyridine rings is 1. The van der Waals surface area contributed by atoms with Crippen molar-refractivity contribution in [3.05, 3.63) is 64.9 Å². The highest BCUT2D eigenvalue weighted by Crippen LogP contribution is 2.25. The number of nitrogens with zero attached hydrogens (tertiary/aromatic N) is 2. The number of aromatic amines is 1. The summed E-state index contributed by atoms with van der Waals surface area (Å²) in [5.41, 5.74) is 8.16. The summed E-state index contributed by atoms with van der Waals surface area (Å²) in [6.45, 7) is 0. The molecule has 0 amide bonds. The van der Waals surface area contributed by atoms with Crippen molar-refractivity contribution in [3.63, 3.8) is 0 Å². The number of aromatic nitrogens is 3. The van der Waals surface area contributed by atoms with Gasteiger partial charge >= 0.3 is 0 Å². The monoisotopic (exact) mass is 318 g/mol. The maximum atomic E-state index is 6.25. The highest BCUT2D eigenvalue weighted by atomic mass is 35.5. The van der Waals surface area contributed by atoms with Crippen LogP contribution in [0.25, 0.3) is 21.7 Å². The number of nitrogens with one attached hydrogen (secondary N) is 1. The van der Waals surface area contributed by atoms with Crippen molar-refractivity contribution in [2.75, 3.05) is 5.73 Å². The van der Waals surface area contributed by atoms with Crippen LogP contribution in [0.15, 0.2) is 48.7 Å². The molecule has 0 spiro atoms. The highest BCUT2D eigenvalue weighted by molar-refractivity contribution is 6.35. The molecule has 0 aliphatic heterocycles. The Labute approximate surface area is 137 Å². The first-order valence-corrected chi connectivity index (χ1v) is 7.39. The Morgan fingerprint density at radius 2 is 1.91 bits per heavy atom. The number of hydrogen-bond acceptors (Lipinski definition) is 3. The van der Waals surface area contributed by atoms with Gasteiger partial charge in [-0.1, -0.05) is 47.9 Å². The van der Waals surface area contributed by atoms with E-state index in [0.717, 1.165) is 21.7 Å². The molecule has 2 aromatic carbocycles. The summed E-state index contributed by atoms with van der Waals surface area (Å²) < 4.78 is 0. The standard InChI is InChI=1S/C18H11ClN4/c19-14-6-3-7-15-17(14)16(23-22-15)9-8-13-12-5-2-1-4-11(12)10-21-18(13)20/h1-7,10H,(H2,20,21)(H,22,23). The van der Waals surface area contributed by atoms with Crippen LogP contribution < -0.4 is 5.73 Å². The van der Waals surface area contributed by atoms with Gasteiger partial charge in [-0.05, 0) is 18.1 Å². The molecule has 2 aromatic heterocycles. The molecule has 4 rings (SSSR count). The predicted molar refractivity (Wildman–Crippen MR) is 93.2 cm³/mol. The average molecular weight is 319 g/mol.